The second kappa shape index (κ2) is 5.22. The Morgan fingerprint density at radius 1 is 1.08 bits per heavy atom. The van der Waals surface area contributed by atoms with E-state index < -0.39 is 12.2 Å². The molecule has 72 valence electrons. The van der Waals surface area contributed by atoms with Crippen LogP contribution < -0.4 is 0 Å². The van der Waals surface area contributed by atoms with Gasteiger partial charge in [0.15, 0.2) is 0 Å². The van der Waals surface area contributed by atoms with Crippen molar-refractivity contribution in [3.8, 4) is 0 Å². The monoisotopic (exact) mass is 200 g/mol. The van der Waals surface area contributed by atoms with Gasteiger partial charge in [-0.2, -0.15) is 0 Å². The number of hydrogen-bond donors (Lipinski definition) is 2. The highest BCUT2D eigenvalue weighted by atomic mass is 35.5. The normalized spacial score (nSPS) is 15.3. The third-order valence-corrected chi connectivity index (χ3v) is 2.21. The predicted octanol–water partition coefficient (Wildman–Crippen LogP) is 1.19. The number of aliphatic hydroxyl groups excluding tert-OH is 2. The highest BCUT2D eigenvalue weighted by molar-refractivity contribution is 6.18. The molecule has 0 bridgehead atoms. The standard InChI is InChI=1S/C10H13ClO2/c11-7-10(13)9(12)6-8-4-2-1-3-5-8/h1-5,9-10,12-13H,6-7H2/t9-,10?/m1/s1. The second-order valence-electron chi connectivity index (χ2n) is 2.98. The van der Waals surface area contributed by atoms with Crippen LogP contribution in [0.25, 0.3) is 0 Å². The van der Waals surface area contributed by atoms with E-state index in [0.717, 1.165) is 5.56 Å². The lowest BCUT2D eigenvalue weighted by Crippen LogP contribution is -2.29. The molecule has 0 aliphatic carbocycles. The highest BCUT2D eigenvalue weighted by Gasteiger charge is 2.14. The maximum absolute atomic E-state index is 9.44. The van der Waals surface area contributed by atoms with Crippen molar-refractivity contribution in [3.05, 3.63) is 35.9 Å². The Kier molecular flexibility index (Phi) is 4.22. The predicted molar refractivity (Wildman–Crippen MR) is 52.9 cm³/mol. The van der Waals surface area contributed by atoms with E-state index in [0.29, 0.717) is 6.42 Å². The molecule has 13 heavy (non-hydrogen) atoms. The van der Waals surface area contributed by atoms with Gasteiger partial charge >= 0.3 is 0 Å². The summed E-state index contributed by atoms with van der Waals surface area (Å²) in [6.07, 6.45) is -1.18. The number of alkyl halides is 1. The van der Waals surface area contributed by atoms with Crippen molar-refractivity contribution in [2.45, 2.75) is 18.6 Å². The summed E-state index contributed by atoms with van der Waals surface area (Å²) >= 11 is 5.40. The third kappa shape index (κ3) is 3.35. The van der Waals surface area contributed by atoms with E-state index in [-0.39, 0.29) is 5.88 Å². The van der Waals surface area contributed by atoms with Gasteiger partial charge in [0.25, 0.3) is 0 Å². The molecule has 0 heterocycles. The van der Waals surface area contributed by atoms with Gasteiger partial charge in [-0.05, 0) is 5.56 Å². The van der Waals surface area contributed by atoms with Gasteiger partial charge in [-0.1, -0.05) is 30.3 Å². The first kappa shape index (κ1) is 10.5. The van der Waals surface area contributed by atoms with Crippen LogP contribution >= 0.6 is 11.6 Å². The van der Waals surface area contributed by atoms with Crippen molar-refractivity contribution >= 4 is 11.6 Å². The first-order valence-electron chi connectivity index (χ1n) is 4.20. The first-order chi connectivity index (χ1) is 6.24. The minimum absolute atomic E-state index is 0.0635. The average molecular weight is 201 g/mol. The number of aliphatic hydroxyl groups is 2. The number of halogens is 1. The van der Waals surface area contributed by atoms with Crippen molar-refractivity contribution in [2.75, 3.05) is 5.88 Å². The quantitative estimate of drug-likeness (QED) is 0.717. The van der Waals surface area contributed by atoms with Crippen LogP contribution in [0.5, 0.6) is 0 Å². The lowest BCUT2D eigenvalue weighted by atomic mass is 10.1. The number of benzene rings is 1. The smallest absolute Gasteiger partial charge is 0.0937 e. The maximum atomic E-state index is 9.44. The van der Waals surface area contributed by atoms with Gasteiger partial charge in [0.1, 0.15) is 0 Å². The van der Waals surface area contributed by atoms with Gasteiger partial charge in [-0.25, -0.2) is 0 Å². The van der Waals surface area contributed by atoms with Gasteiger partial charge in [0.2, 0.25) is 0 Å². The van der Waals surface area contributed by atoms with E-state index in [1.54, 1.807) is 0 Å². The third-order valence-electron chi connectivity index (χ3n) is 1.89. The lowest BCUT2D eigenvalue weighted by Gasteiger charge is -2.14. The number of rotatable bonds is 4. The van der Waals surface area contributed by atoms with Gasteiger partial charge in [-0.15, -0.1) is 11.6 Å². The molecule has 1 aromatic rings. The first-order valence-corrected chi connectivity index (χ1v) is 4.73. The molecule has 3 heteroatoms. The fourth-order valence-corrected chi connectivity index (χ4v) is 1.30. The van der Waals surface area contributed by atoms with E-state index in [1.165, 1.54) is 0 Å². The van der Waals surface area contributed by atoms with Gasteiger partial charge in [-0.3, -0.25) is 0 Å². The molecule has 0 aromatic heterocycles. The lowest BCUT2D eigenvalue weighted by molar-refractivity contribution is 0.0341. The van der Waals surface area contributed by atoms with E-state index in [4.69, 9.17) is 11.6 Å². The summed E-state index contributed by atoms with van der Waals surface area (Å²) < 4.78 is 0. The van der Waals surface area contributed by atoms with Crippen molar-refractivity contribution < 1.29 is 10.2 Å². The largest absolute Gasteiger partial charge is 0.390 e. The molecule has 0 aliphatic rings. The van der Waals surface area contributed by atoms with Crippen molar-refractivity contribution in [3.63, 3.8) is 0 Å². The highest BCUT2D eigenvalue weighted by Crippen LogP contribution is 2.06. The molecule has 0 saturated carbocycles. The molecular weight excluding hydrogens is 188 g/mol. The molecule has 0 fully saturated rings. The van der Waals surface area contributed by atoms with Crippen molar-refractivity contribution in [1.82, 2.24) is 0 Å². The molecule has 0 aliphatic heterocycles. The molecule has 1 aromatic carbocycles. The summed E-state index contributed by atoms with van der Waals surface area (Å²) in [4.78, 5) is 0. The maximum Gasteiger partial charge on any atom is 0.0937 e. The van der Waals surface area contributed by atoms with Crippen LogP contribution in [0, 0.1) is 0 Å². The van der Waals surface area contributed by atoms with Gasteiger partial charge in [0, 0.05) is 6.42 Å². The minimum Gasteiger partial charge on any atom is -0.390 e. The summed E-state index contributed by atoms with van der Waals surface area (Å²) in [5.74, 6) is 0.0635. The summed E-state index contributed by atoms with van der Waals surface area (Å²) in [5, 5.41) is 18.6. The molecule has 2 atom stereocenters. The molecule has 0 amide bonds. The van der Waals surface area contributed by atoms with Crippen LogP contribution in [0.3, 0.4) is 0 Å². The van der Waals surface area contributed by atoms with E-state index in [2.05, 4.69) is 0 Å². The molecule has 0 saturated heterocycles. The molecule has 0 radical (unpaired) electrons. The SMILES string of the molecule is OC(CCl)[C@H](O)Cc1ccccc1. The van der Waals surface area contributed by atoms with Gasteiger partial charge in [0.05, 0.1) is 18.1 Å². The van der Waals surface area contributed by atoms with E-state index >= 15 is 0 Å². The Morgan fingerprint density at radius 3 is 2.23 bits per heavy atom. The van der Waals surface area contributed by atoms with Gasteiger partial charge < -0.3 is 10.2 Å². The topological polar surface area (TPSA) is 40.5 Å². The van der Waals surface area contributed by atoms with E-state index in [9.17, 15) is 10.2 Å². The van der Waals surface area contributed by atoms with Crippen molar-refractivity contribution in [2.24, 2.45) is 0 Å². The fourth-order valence-electron chi connectivity index (χ4n) is 1.09. The average Bonchev–Trinajstić information content (AvgIpc) is 2.18. The fraction of sp³-hybridized carbons (Fsp3) is 0.400. The summed E-state index contributed by atoms with van der Waals surface area (Å²) in [6, 6.07) is 9.52. The molecule has 1 unspecified atom stereocenters. The summed E-state index contributed by atoms with van der Waals surface area (Å²) in [5.41, 5.74) is 0.999. The molecular formula is C10H13ClO2. The molecule has 2 N–H and O–H groups in total. The summed E-state index contributed by atoms with van der Waals surface area (Å²) in [6.45, 7) is 0. The zero-order valence-corrected chi connectivity index (χ0v) is 7.98. The number of hydrogen-bond acceptors (Lipinski definition) is 2. The van der Waals surface area contributed by atoms with Crippen LogP contribution in [0.4, 0.5) is 0 Å². The Balaban J connectivity index is 2.50. The molecule has 1 rings (SSSR count). The zero-order valence-electron chi connectivity index (χ0n) is 7.23. The zero-order chi connectivity index (χ0) is 9.68. The summed E-state index contributed by atoms with van der Waals surface area (Å²) in [7, 11) is 0. The Bertz CT molecular complexity index is 238. The van der Waals surface area contributed by atoms with Crippen LogP contribution in [-0.2, 0) is 6.42 Å². The Labute approximate surface area is 82.8 Å². The Morgan fingerprint density at radius 2 is 1.69 bits per heavy atom. The van der Waals surface area contributed by atoms with Crippen LogP contribution in [0.1, 0.15) is 5.56 Å². The second-order valence-corrected chi connectivity index (χ2v) is 3.29. The van der Waals surface area contributed by atoms with Crippen molar-refractivity contribution in [1.29, 1.82) is 0 Å². The van der Waals surface area contributed by atoms with Crippen LogP contribution in [0.2, 0.25) is 0 Å². The van der Waals surface area contributed by atoms with E-state index in [1.807, 2.05) is 30.3 Å². The molecule has 2 nitrogen and oxygen atoms in total. The van der Waals surface area contributed by atoms with Crippen LogP contribution in [-0.4, -0.2) is 28.3 Å². The minimum atomic E-state index is -0.845. The van der Waals surface area contributed by atoms with Crippen LogP contribution in [0.15, 0.2) is 30.3 Å². The molecule has 0 spiro atoms. The Hall–Kier alpha value is -0.570.